The number of amides is 1. The summed E-state index contributed by atoms with van der Waals surface area (Å²) in [6.07, 6.45) is -7.96. The fourth-order valence-corrected chi connectivity index (χ4v) is 5.59. The van der Waals surface area contributed by atoms with Crippen LogP contribution in [0.4, 0.5) is 32.0 Å². The average molecular weight is 696 g/mol. The number of halogens is 6. The molecule has 0 aliphatic carbocycles. The van der Waals surface area contributed by atoms with Crippen molar-refractivity contribution >= 4 is 21.7 Å². The number of aryl methyl sites for hydroxylation is 1. The normalized spacial score (nSPS) is 17.1. The highest BCUT2D eigenvalue weighted by Gasteiger charge is 2.43. The molecule has 2 atom stereocenters. The molecule has 5 rings (SSSR count). The van der Waals surface area contributed by atoms with Crippen molar-refractivity contribution in [3.8, 4) is 5.75 Å². The second-order valence-electron chi connectivity index (χ2n) is 11.5. The van der Waals surface area contributed by atoms with Crippen LogP contribution < -0.4 is 15.0 Å². The summed E-state index contributed by atoms with van der Waals surface area (Å²) in [5, 5.41) is 3.24. The van der Waals surface area contributed by atoms with Crippen LogP contribution in [-0.2, 0) is 26.6 Å². The Labute approximate surface area is 273 Å². The molecule has 1 amide bonds. The Kier molecular flexibility index (Phi) is 10.6. The Hall–Kier alpha value is -4.47. The number of carbonyl (C=O) groups excluding carboxylic acids is 1. The lowest BCUT2D eigenvalue weighted by molar-refractivity contribution is -0.274. The van der Waals surface area contributed by atoms with Gasteiger partial charge in [-0.3, -0.25) is 19.6 Å². The Bertz CT molecular complexity index is 1800. The van der Waals surface area contributed by atoms with E-state index < -0.39 is 51.7 Å². The summed E-state index contributed by atoms with van der Waals surface area (Å²) >= 11 is 0. The predicted molar refractivity (Wildman–Crippen MR) is 165 cm³/mol. The van der Waals surface area contributed by atoms with Crippen LogP contribution in [0.5, 0.6) is 5.75 Å². The van der Waals surface area contributed by atoms with Gasteiger partial charge < -0.3 is 9.64 Å². The van der Waals surface area contributed by atoms with Crippen molar-refractivity contribution in [1.29, 1.82) is 0 Å². The summed E-state index contributed by atoms with van der Waals surface area (Å²) in [5.41, 5.74) is 0.682. The number of hydrogen-bond donors (Lipinski definition) is 2. The van der Waals surface area contributed by atoms with E-state index in [4.69, 9.17) is 4.55 Å². The molecule has 1 aromatic heterocycles. The van der Waals surface area contributed by atoms with E-state index in [0.717, 1.165) is 35.5 Å². The molecule has 2 unspecified atom stereocenters. The topological polar surface area (TPSA) is 109 Å². The molecule has 0 spiro atoms. The number of ether oxygens (including phenoxy) is 1. The third-order valence-corrected chi connectivity index (χ3v) is 8.34. The number of benzene rings is 3. The van der Waals surface area contributed by atoms with Gasteiger partial charge in [0.25, 0.3) is 10.1 Å². The third-order valence-electron chi connectivity index (χ3n) is 7.47. The molecule has 1 aliphatic heterocycles. The molecule has 3 aromatic carbocycles. The van der Waals surface area contributed by atoms with Gasteiger partial charge in [-0.05, 0) is 80.8 Å². The first-order chi connectivity index (χ1) is 22.2. The van der Waals surface area contributed by atoms with Gasteiger partial charge in [0, 0.05) is 17.4 Å². The molecule has 0 radical (unpaired) electrons. The number of nitrogens with one attached hydrogen (secondary N) is 1. The van der Waals surface area contributed by atoms with E-state index in [-0.39, 0.29) is 10.8 Å². The van der Waals surface area contributed by atoms with Gasteiger partial charge in [-0.1, -0.05) is 54.1 Å². The second-order valence-corrected chi connectivity index (χ2v) is 12.9. The van der Waals surface area contributed by atoms with Crippen LogP contribution in [0.1, 0.15) is 48.7 Å². The Morgan fingerprint density at radius 1 is 0.875 bits per heavy atom. The smallest absolute Gasteiger partial charge is 0.406 e. The number of nitrogens with zero attached hydrogens (tertiary/aromatic N) is 2. The molecular formula is C33H31F6N3O5S. The van der Waals surface area contributed by atoms with Gasteiger partial charge in [0.05, 0.1) is 17.0 Å². The molecular weight excluding hydrogens is 664 g/mol. The molecule has 256 valence electrons. The van der Waals surface area contributed by atoms with E-state index in [1.165, 1.54) is 35.2 Å². The van der Waals surface area contributed by atoms with Crippen LogP contribution in [0.25, 0.3) is 0 Å². The molecule has 1 fully saturated rings. The maximum atomic E-state index is 13.6. The number of anilines is 1. The maximum absolute atomic E-state index is 13.6. The van der Waals surface area contributed by atoms with E-state index in [0.29, 0.717) is 17.7 Å². The minimum Gasteiger partial charge on any atom is -0.406 e. The van der Waals surface area contributed by atoms with E-state index in [9.17, 15) is 39.6 Å². The Morgan fingerprint density at radius 2 is 1.48 bits per heavy atom. The lowest BCUT2D eigenvalue weighted by atomic mass is 9.93. The zero-order valence-electron chi connectivity index (χ0n) is 25.8. The molecule has 1 aliphatic rings. The van der Waals surface area contributed by atoms with Crippen molar-refractivity contribution in [2.75, 3.05) is 4.90 Å². The first-order valence-electron chi connectivity index (χ1n) is 14.3. The summed E-state index contributed by atoms with van der Waals surface area (Å²) in [5.74, 6) is -0.740. The standard InChI is InChI=1S/C26H23F6N3O2.C7H8O3S/c1-24(2,17-8-13-22(33-15-17)25(27,28)29)34-20-14-21(16-6-4-3-5-7-16)35(23(20)36)18-9-11-19(12-10-18)37-26(30,31)32;1-6-2-4-7(5-3-6)11(8,9)10/h3-13,15,20-21,34H,14H2,1-2H3;2-5H,1H3,(H,8,9,10). The number of alkyl halides is 6. The van der Waals surface area contributed by atoms with Gasteiger partial charge in [-0.25, -0.2) is 0 Å². The zero-order chi connectivity index (χ0) is 35.5. The minimum atomic E-state index is -4.84. The summed E-state index contributed by atoms with van der Waals surface area (Å²) in [6.45, 7) is 5.30. The maximum Gasteiger partial charge on any atom is 0.573 e. The van der Waals surface area contributed by atoms with Crippen LogP contribution >= 0.6 is 0 Å². The van der Waals surface area contributed by atoms with Crippen LogP contribution in [-0.4, -0.2) is 36.3 Å². The van der Waals surface area contributed by atoms with Crippen LogP contribution in [0.3, 0.4) is 0 Å². The van der Waals surface area contributed by atoms with E-state index >= 15 is 0 Å². The molecule has 15 heteroatoms. The van der Waals surface area contributed by atoms with Gasteiger partial charge in [0.15, 0.2) is 0 Å². The van der Waals surface area contributed by atoms with Gasteiger partial charge in [-0.2, -0.15) is 21.6 Å². The van der Waals surface area contributed by atoms with E-state index in [1.54, 1.807) is 26.0 Å². The first kappa shape index (κ1) is 36.4. The van der Waals surface area contributed by atoms with Gasteiger partial charge in [0.1, 0.15) is 11.4 Å². The average Bonchev–Trinajstić information content (AvgIpc) is 3.32. The molecule has 2 heterocycles. The quantitative estimate of drug-likeness (QED) is 0.151. The molecule has 2 N–H and O–H groups in total. The predicted octanol–water partition coefficient (Wildman–Crippen LogP) is 7.61. The lowest BCUT2D eigenvalue weighted by Gasteiger charge is -2.30. The van der Waals surface area contributed by atoms with Crippen LogP contribution in [0.15, 0.2) is 102 Å². The van der Waals surface area contributed by atoms with Gasteiger partial charge >= 0.3 is 12.5 Å². The number of aromatic nitrogens is 1. The van der Waals surface area contributed by atoms with Crippen molar-refractivity contribution in [3.63, 3.8) is 0 Å². The van der Waals surface area contributed by atoms with E-state index in [2.05, 4.69) is 15.0 Å². The SMILES string of the molecule is CC(C)(NC1CC(c2ccccc2)N(c2ccc(OC(F)(F)F)cc2)C1=O)c1ccc(C(F)(F)F)nc1.Cc1ccc(S(=O)(=O)O)cc1. The Balaban J connectivity index is 0.000000401. The largest absolute Gasteiger partial charge is 0.573 e. The fraction of sp³-hybridized carbons (Fsp3) is 0.273. The van der Waals surface area contributed by atoms with Crippen molar-refractivity contribution in [1.82, 2.24) is 10.3 Å². The third kappa shape index (κ3) is 9.33. The zero-order valence-corrected chi connectivity index (χ0v) is 26.6. The molecule has 1 saturated heterocycles. The van der Waals surface area contributed by atoms with Gasteiger partial charge in [-0.15, -0.1) is 13.2 Å². The monoisotopic (exact) mass is 695 g/mol. The second kappa shape index (κ2) is 13.9. The molecule has 0 saturated carbocycles. The molecule has 48 heavy (non-hydrogen) atoms. The van der Waals surface area contributed by atoms with E-state index in [1.807, 2.05) is 37.3 Å². The van der Waals surface area contributed by atoms with Crippen LogP contribution in [0, 0.1) is 6.92 Å². The first-order valence-corrected chi connectivity index (χ1v) is 15.8. The summed E-state index contributed by atoms with van der Waals surface area (Å²) in [4.78, 5) is 18.5. The number of rotatable bonds is 7. The van der Waals surface area contributed by atoms with Crippen molar-refractivity contribution in [2.24, 2.45) is 0 Å². The fourth-order valence-electron chi connectivity index (χ4n) is 5.11. The lowest BCUT2D eigenvalue weighted by Crippen LogP contribution is -2.47. The molecule has 8 nitrogen and oxygen atoms in total. The highest BCUT2D eigenvalue weighted by molar-refractivity contribution is 7.85. The van der Waals surface area contributed by atoms with Gasteiger partial charge in [0.2, 0.25) is 5.91 Å². The summed E-state index contributed by atoms with van der Waals surface area (Å²) in [7, 11) is -4.02. The number of pyridine rings is 1. The Morgan fingerprint density at radius 3 is 1.98 bits per heavy atom. The minimum absolute atomic E-state index is 0.0666. The molecule has 4 aromatic rings. The summed E-state index contributed by atoms with van der Waals surface area (Å²) in [6, 6.07) is 21.2. The van der Waals surface area contributed by atoms with Crippen LogP contribution in [0.2, 0.25) is 0 Å². The number of hydrogen-bond acceptors (Lipinski definition) is 6. The number of carbonyl (C=O) groups is 1. The summed E-state index contributed by atoms with van der Waals surface area (Å²) < 4.78 is 110. The highest BCUT2D eigenvalue weighted by atomic mass is 32.2. The highest BCUT2D eigenvalue weighted by Crippen LogP contribution is 2.39. The van der Waals surface area contributed by atoms with Crippen molar-refractivity contribution in [2.45, 2.75) is 62.2 Å². The van der Waals surface area contributed by atoms with Crippen molar-refractivity contribution < 1.29 is 48.8 Å². The van der Waals surface area contributed by atoms with Crippen molar-refractivity contribution in [3.05, 3.63) is 120 Å². The molecule has 0 bridgehead atoms.